The second-order valence-electron chi connectivity index (χ2n) is 3.66. The minimum absolute atomic E-state index is 0.339. The summed E-state index contributed by atoms with van der Waals surface area (Å²) in [6, 6.07) is 0.339. The highest BCUT2D eigenvalue weighted by molar-refractivity contribution is 4.83. The fraction of sp³-hybridized carbons (Fsp3) is 1.00. The zero-order valence-corrected chi connectivity index (χ0v) is 8.21. The van der Waals surface area contributed by atoms with E-state index in [-0.39, 0.29) is 0 Å². The zero-order valence-electron chi connectivity index (χ0n) is 8.21. The molecule has 0 aromatic carbocycles. The maximum atomic E-state index is 6.02. The number of hydrogen-bond donors (Lipinski definition) is 2. The van der Waals surface area contributed by atoms with Crippen molar-refractivity contribution in [2.45, 2.75) is 19.4 Å². The monoisotopic (exact) mass is 171 g/mol. The van der Waals surface area contributed by atoms with E-state index in [0.717, 1.165) is 6.54 Å². The Morgan fingerprint density at radius 3 is 2.92 bits per heavy atom. The van der Waals surface area contributed by atoms with Crippen molar-refractivity contribution in [1.29, 1.82) is 0 Å². The van der Waals surface area contributed by atoms with Crippen molar-refractivity contribution < 1.29 is 0 Å². The SMILES string of the molecule is CCN1CCC(C(N)CNC)C1. The first-order chi connectivity index (χ1) is 5.77. The zero-order chi connectivity index (χ0) is 8.97. The highest BCUT2D eigenvalue weighted by atomic mass is 15.1. The van der Waals surface area contributed by atoms with Crippen LogP contribution in [0.5, 0.6) is 0 Å². The Kier molecular flexibility index (Phi) is 3.98. The van der Waals surface area contributed by atoms with E-state index < -0.39 is 0 Å². The summed E-state index contributed by atoms with van der Waals surface area (Å²) < 4.78 is 0. The first-order valence-corrected chi connectivity index (χ1v) is 4.90. The van der Waals surface area contributed by atoms with Gasteiger partial charge in [0.25, 0.3) is 0 Å². The lowest BCUT2D eigenvalue weighted by Crippen LogP contribution is -2.40. The van der Waals surface area contributed by atoms with Gasteiger partial charge < -0.3 is 16.0 Å². The lowest BCUT2D eigenvalue weighted by molar-refractivity contribution is 0.326. The van der Waals surface area contributed by atoms with Gasteiger partial charge in [-0.3, -0.25) is 0 Å². The summed E-state index contributed by atoms with van der Waals surface area (Å²) in [5, 5.41) is 3.13. The maximum absolute atomic E-state index is 6.02. The van der Waals surface area contributed by atoms with Gasteiger partial charge in [-0.2, -0.15) is 0 Å². The fourth-order valence-electron chi connectivity index (χ4n) is 1.90. The van der Waals surface area contributed by atoms with Crippen molar-refractivity contribution >= 4 is 0 Å². The molecule has 3 nitrogen and oxygen atoms in total. The van der Waals surface area contributed by atoms with Gasteiger partial charge in [0.1, 0.15) is 0 Å². The number of likely N-dealkylation sites (tertiary alicyclic amines) is 1. The van der Waals surface area contributed by atoms with Crippen LogP contribution in [0.2, 0.25) is 0 Å². The number of likely N-dealkylation sites (N-methyl/N-ethyl adjacent to an activating group) is 1. The molecule has 0 aromatic heterocycles. The van der Waals surface area contributed by atoms with Gasteiger partial charge in [0, 0.05) is 19.1 Å². The summed E-state index contributed by atoms with van der Waals surface area (Å²) in [7, 11) is 1.96. The fourth-order valence-corrected chi connectivity index (χ4v) is 1.90. The molecule has 0 aliphatic carbocycles. The maximum Gasteiger partial charge on any atom is 0.0206 e. The van der Waals surface area contributed by atoms with Gasteiger partial charge in [-0.15, -0.1) is 0 Å². The van der Waals surface area contributed by atoms with Crippen LogP contribution in [-0.2, 0) is 0 Å². The number of hydrogen-bond acceptors (Lipinski definition) is 3. The predicted octanol–water partition coefficient (Wildman–Crippen LogP) is -0.125. The molecular formula is C9H21N3. The van der Waals surface area contributed by atoms with E-state index in [1.807, 2.05) is 7.05 Å². The van der Waals surface area contributed by atoms with E-state index in [1.54, 1.807) is 0 Å². The van der Waals surface area contributed by atoms with Crippen LogP contribution in [0.3, 0.4) is 0 Å². The van der Waals surface area contributed by atoms with E-state index in [4.69, 9.17) is 5.73 Å². The van der Waals surface area contributed by atoms with E-state index in [2.05, 4.69) is 17.1 Å². The van der Waals surface area contributed by atoms with Crippen molar-refractivity contribution in [3.8, 4) is 0 Å². The van der Waals surface area contributed by atoms with Crippen LogP contribution in [0.4, 0.5) is 0 Å². The standard InChI is InChI=1S/C9H21N3/c1-3-12-5-4-8(7-12)9(10)6-11-2/h8-9,11H,3-7,10H2,1-2H3. The summed E-state index contributed by atoms with van der Waals surface area (Å²) in [6.07, 6.45) is 1.27. The average molecular weight is 171 g/mol. The third kappa shape index (κ3) is 2.44. The largest absolute Gasteiger partial charge is 0.326 e. The molecule has 1 aliphatic heterocycles. The van der Waals surface area contributed by atoms with Crippen molar-refractivity contribution in [3.63, 3.8) is 0 Å². The molecular weight excluding hydrogens is 150 g/mol. The number of nitrogens with zero attached hydrogens (tertiary/aromatic N) is 1. The Balaban J connectivity index is 2.25. The third-order valence-electron chi connectivity index (χ3n) is 2.80. The Labute approximate surface area is 75.3 Å². The molecule has 3 N–H and O–H groups in total. The molecule has 0 saturated carbocycles. The molecule has 2 atom stereocenters. The van der Waals surface area contributed by atoms with E-state index in [0.29, 0.717) is 12.0 Å². The van der Waals surface area contributed by atoms with Gasteiger partial charge in [0.15, 0.2) is 0 Å². The predicted molar refractivity (Wildman–Crippen MR) is 52.1 cm³/mol. The molecule has 0 bridgehead atoms. The van der Waals surface area contributed by atoms with Gasteiger partial charge in [-0.05, 0) is 32.5 Å². The van der Waals surface area contributed by atoms with Gasteiger partial charge in [-0.25, -0.2) is 0 Å². The second kappa shape index (κ2) is 4.80. The molecule has 3 heteroatoms. The van der Waals surface area contributed by atoms with E-state index >= 15 is 0 Å². The Morgan fingerprint density at radius 2 is 2.42 bits per heavy atom. The van der Waals surface area contributed by atoms with Crippen molar-refractivity contribution in [1.82, 2.24) is 10.2 Å². The highest BCUT2D eigenvalue weighted by Crippen LogP contribution is 2.17. The number of nitrogens with one attached hydrogen (secondary N) is 1. The molecule has 1 saturated heterocycles. The minimum atomic E-state index is 0.339. The molecule has 0 amide bonds. The summed E-state index contributed by atoms with van der Waals surface area (Å²) in [6.45, 7) is 6.76. The molecule has 1 rings (SSSR count). The molecule has 2 unspecified atom stereocenters. The van der Waals surface area contributed by atoms with Crippen LogP contribution in [-0.4, -0.2) is 44.2 Å². The van der Waals surface area contributed by atoms with Crippen LogP contribution in [0.15, 0.2) is 0 Å². The molecule has 1 aliphatic rings. The third-order valence-corrected chi connectivity index (χ3v) is 2.80. The lowest BCUT2D eigenvalue weighted by Gasteiger charge is -2.19. The molecule has 72 valence electrons. The van der Waals surface area contributed by atoms with E-state index in [9.17, 15) is 0 Å². The Hall–Kier alpha value is -0.120. The summed E-state index contributed by atoms with van der Waals surface area (Å²) >= 11 is 0. The summed E-state index contributed by atoms with van der Waals surface area (Å²) in [4.78, 5) is 2.47. The first kappa shape index (κ1) is 9.96. The topological polar surface area (TPSA) is 41.3 Å². The Bertz CT molecular complexity index is 127. The highest BCUT2D eigenvalue weighted by Gasteiger charge is 2.25. The van der Waals surface area contributed by atoms with Gasteiger partial charge in [-0.1, -0.05) is 6.92 Å². The minimum Gasteiger partial charge on any atom is -0.326 e. The number of rotatable bonds is 4. The molecule has 0 spiro atoms. The Morgan fingerprint density at radius 1 is 1.67 bits per heavy atom. The van der Waals surface area contributed by atoms with Gasteiger partial charge in [0.2, 0.25) is 0 Å². The normalized spacial score (nSPS) is 27.8. The van der Waals surface area contributed by atoms with Crippen LogP contribution >= 0.6 is 0 Å². The van der Waals surface area contributed by atoms with Gasteiger partial charge in [0.05, 0.1) is 0 Å². The van der Waals surface area contributed by atoms with E-state index in [1.165, 1.54) is 26.1 Å². The molecule has 0 radical (unpaired) electrons. The van der Waals surface area contributed by atoms with Crippen molar-refractivity contribution in [3.05, 3.63) is 0 Å². The summed E-state index contributed by atoms with van der Waals surface area (Å²) in [5.41, 5.74) is 6.02. The van der Waals surface area contributed by atoms with Crippen molar-refractivity contribution in [2.24, 2.45) is 11.7 Å². The van der Waals surface area contributed by atoms with Crippen LogP contribution in [0.1, 0.15) is 13.3 Å². The quantitative estimate of drug-likeness (QED) is 0.619. The van der Waals surface area contributed by atoms with Crippen LogP contribution < -0.4 is 11.1 Å². The number of nitrogens with two attached hydrogens (primary N) is 1. The van der Waals surface area contributed by atoms with Crippen LogP contribution in [0.25, 0.3) is 0 Å². The molecule has 0 aromatic rings. The average Bonchev–Trinajstić information content (AvgIpc) is 2.52. The van der Waals surface area contributed by atoms with Crippen molar-refractivity contribution in [2.75, 3.05) is 33.2 Å². The molecule has 1 fully saturated rings. The molecule has 12 heavy (non-hydrogen) atoms. The lowest BCUT2D eigenvalue weighted by atomic mass is 10.00. The summed E-state index contributed by atoms with van der Waals surface area (Å²) in [5.74, 6) is 0.706. The van der Waals surface area contributed by atoms with Gasteiger partial charge >= 0.3 is 0 Å². The first-order valence-electron chi connectivity index (χ1n) is 4.90. The van der Waals surface area contributed by atoms with Crippen LogP contribution in [0, 0.1) is 5.92 Å². The smallest absolute Gasteiger partial charge is 0.0206 e. The second-order valence-corrected chi connectivity index (χ2v) is 3.66. The molecule has 1 heterocycles.